The van der Waals surface area contributed by atoms with Gasteiger partial charge in [0, 0.05) is 45.8 Å². The molecule has 1 N–H and O–H groups in total. The smallest absolute Gasteiger partial charge is 0.110 e. The maximum atomic E-state index is 4.30. The summed E-state index contributed by atoms with van der Waals surface area (Å²) in [4.78, 5) is 4.30. The summed E-state index contributed by atoms with van der Waals surface area (Å²) in [6.45, 7) is 0.837. The van der Waals surface area contributed by atoms with Crippen molar-refractivity contribution < 1.29 is 0 Å². The summed E-state index contributed by atoms with van der Waals surface area (Å²) in [7, 11) is 2.01. The summed E-state index contributed by atoms with van der Waals surface area (Å²) < 4.78 is 5.14. The van der Waals surface area contributed by atoms with Gasteiger partial charge in [-0.2, -0.15) is 0 Å². The molecular formula is C12H12Br3N3. The van der Waals surface area contributed by atoms with Crippen molar-refractivity contribution in [3.63, 3.8) is 0 Å². The number of hydrogen-bond donors (Lipinski definition) is 1. The Morgan fingerprint density at radius 2 is 1.89 bits per heavy atom. The zero-order valence-corrected chi connectivity index (χ0v) is 14.5. The summed E-state index contributed by atoms with van der Waals surface area (Å²) in [6.07, 6.45) is 4.67. The van der Waals surface area contributed by atoms with E-state index in [0.29, 0.717) is 0 Å². The molecule has 1 heterocycles. The largest absolute Gasteiger partial charge is 0.383 e. The van der Waals surface area contributed by atoms with Gasteiger partial charge in [-0.15, -0.1) is 0 Å². The molecule has 0 unspecified atom stereocenters. The van der Waals surface area contributed by atoms with Gasteiger partial charge in [-0.05, 0) is 44.0 Å². The lowest BCUT2D eigenvalue weighted by atomic mass is 10.3. The van der Waals surface area contributed by atoms with Crippen molar-refractivity contribution in [1.29, 1.82) is 0 Å². The van der Waals surface area contributed by atoms with Crippen LogP contribution in [0.2, 0.25) is 0 Å². The van der Waals surface area contributed by atoms with Crippen molar-refractivity contribution in [3.05, 3.63) is 43.8 Å². The van der Waals surface area contributed by atoms with Crippen molar-refractivity contribution in [2.45, 2.75) is 6.42 Å². The van der Waals surface area contributed by atoms with Crippen LogP contribution >= 0.6 is 47.8 Å². The van der Waals surface area contributed by atoms with Gasteiger partial charge in [0.25, 0.3) is 0 Å². The zero-order valence-electron chi connectivity index (χ0n) is 9.75. The number of anilines is 1. The quantitative estimate of drug-likeness (QED) is 0.770. The number of imidazole rings is 1. The Morgan fingerprint density at radius 1 is 1.22 bits per heavy atom. The minimum Gasteiger partial charge on any atom is -0.383 e. The SMILES string of the molecule is Cn1ccnc1CCNc1c(Br)cc(Br)cc1Br. The Morgan fingerprint density at radius 3 is 2.44 bits per heavy atom. The van der Waals surface area contributed by atoms with Gasteiger partial charge in [-0.3, -0.25) is 0 Å². The zero-order chi connectivity index (χ0) is 13.1. The van der Waals surface area contributed by atoms with E-state index in [2.05, 4.69) is 58.1 Å². The molecule has 1 aromatic carbocycles. The Balaban J connectivity index is 2.01. The van der Waals surface area contributed by atoms with Crippen molar-refractivity contribution in [3.8, 4) is 0 Å². The van der Waals surface area contributed by atoms with Gasteiger partial charge in [0.15, 0.2) is 0 Å². The monoisotopic (exact) mass is 435 g/mol. The van der Waals surface area contributed by atoms with Crippen molar-refractivity contribution in [2.75, 3.05) is 11.9 Å². The second-order valence-electron chi connectivity index (χ2n) is 3.88. The van der Waals surface area contributed by atoms with E-state index in [-0.39, 0.29) is 0 Å². The average molecular weight is 438 g/mol. The number of aryl methyl sites for hydroxylation is 1. The molecule has 0 fully saturated rings. The minimum absolute atomic E-state index is 0.837. The van der Waals surface area contributed by atoms with E-state index in [1.165, 1.54) is 0 Å². The number of nitrogens with zero attached hydrogens (tertiary/aromatic N) is 2. The van der Waals surface area contributed by atoms with E-state index in [1.807, 2.05) is 36.1 Å². The first-order chi connectivity index (χ1) is 8.58. The highest BCUT2D eigenvalue weighted by Gasteiger charge is 2.07. The van der Waals surface area contributed by atoms with E-state index >= 15 is 0 Å². The Hall–Kier alpha value is -0.330. The molecule has 0 amide bonds. The molecule has 0 aliphatic carbocycles. The van der Waals surface area contributed by atoms with E-state index < -0.39 is 0 Å². The first kappa shape index (κ1) is 14.1. The first-order valence-electron chi connectivity index (χ1n) is 5.42. The van der Waals surface area contributed by atoms with Crippen LogP contribution in [-0.2, 0) is 13.5 Å². The fraction of sp³-hybridized carbons (Fsp3) is 0.250. The lowest BCUT2D eigenvalue weighted by Gasteiger charge is -2.11. The minimum atomic E-state index is 0.837. The van der Waals surface area contributed by atoms with E-state index in [1.54, 1.807) is 0 Å². The lowest BCUT2D eigenvalue weighted by Crippen LogP contribution is -2.09. The number of nitrogens with one attached hydrogen (secondary N) is 1. The summed E-state index contributed by atoms with van der Waals surface area (Å²) in [5, 5.41) is 3.41. The predicted octanol–water partition coefficient (Wildman–Crippen LogP) is 4.36. The van der Waals surface area contributed by atoms with Gasteiger partial charge in [-0.25, -0.2) is 4.98 Å². The van der Waals surface area contributed by atoms with Crippen LogP contribution in [0.5, 0.6) is 0 Å². The number of halogens is 3. The normalized spacial score (nSPS) is 10.7. The molecule has 2 rings (SSSR count). The number of rotatable bonds is 4. The van der Waals surface area contributed by atoms with Crippen LogP contribution in [0.4, 0.5) is 5.69 Å². The predicted molar refractivity (Wildman–Crippen MR) is 84.9 cm³/mol. The molecule has 96 valence electrons. The highest BCUT2D eigenvalue weighted by atomic mass is 79.9. The summed E-state index contributed by atoms with van der Waals surface area (Å²) in [6, 6.07) is 4.04. The van der Waals surface area contributed by atoms with Gasteiger partial charge in [0.05, 0.1) is 5.69 Å². The van der Waals surface area contributed by atoms with Gasteiger partial charge >= 0.3 is 0 Å². The summed E-state index contributed by atoms with van der Waals surface area (Å²) >= 11 is 10.6. The fourth-order valence-electron chi connectivity index (χ4n) is 1.65. The van der Waals surface area contributed by atoms with Gasteiger partial charge in [0.2, 0.25) is 0 Å². The molecule has 0 aliphatic heterocycles. The highest BCUT2D eigenvalue weighted by Crippen LogP contribution is 2.34. The summed E-state index contributed by atoms with van der Waals surface area (Å²) in [5.41, 5.74) is 1.06. The molecule has 0 bridgehead atoms. The van der Waals surface area contributed by atoms with Crippen LogP contribution in [0.15, 0.2) is 37.9 Å². The lowest BCUT2D eigenvalue weighted by molar-refractivity contribution is 0.789. The maximum absolute atomic E-state index is 4.30. The second-order valence-corrected chi connectivity index (χ2v) is 6.50. The van der Waals surface area contributed by atoms with E-state index in [0.717, 1.165) is 37.9 Å². The third kappa shape index (κ3) is 3.36. The molecule has 2 aromatic rings. The van der Waals surface area contributed by atoms with E-state index in [4.69, 9.17) is 0 Å². The molecule has 0 aliphatic rings. The standard InChI is InChI=1S/C12H12Br3N3/c1-18-5-4-16-11(18)2-3-17-12-9(14)6-8(13)7-10(12)15/h4-7,17H,2-3H2,1H3. The molecule has 0 saturated carbocycles. The topological polar surface area (TPSA) is 29.9 Å². The van der Waals surface area contributed by atoms with Gasteiger partial charge in [-0.1, -0.05) is 15.9 Å². The molecule has 0 radical (unpaired) electrons. The third-order valence-corrected chi connectivity index (χ3v) is 4.29. The maximum Gasteiger partial charge on any atom is 0.110 e. The molecule has 0 saturated heterocycles. The molecule has 6 heteroatoms. The van der Waals surface area contributed by atoms with Gasteiger partial charge < -0.3 is 9.88 Å². The van der Waals surface area contributed by atoms with Crippen LogP contribution in [0.3, 0.4) is 0 Å². The molecule has 3 nitrogen and oxygen atoms in total. The molecule has 1 aromatic heterocycles. The number of hydrogen-bond acceptors (Lipinski definition) is 2. The Kier molecular flexibility index (Phi) is 4.86. The van der Waals surface area contributed by atoms with Crippen LogP contribution in [0.1, 0.15) is 5.82 Å². The molecule has 18 heavy (non-hydrogen) atoms. The Bertz CT molecular complexity index is 528. The van der Waals surface area contributed by atoms with Crippen LogP contribution in [0.25, 0.3) is 0 Å². The van der Waals surface area contributed by atoms with E-state index in [9.17, 15) is 0 Å². The number of benzene rings is 1. The second kappa shape index (κ2) is 6.21. The fourth-order valence-corrected chi connectivity index (χ4v) is 4.19. The van der Waals surface area contributed by atoms with Crippen molar-refractivity contribution in [2.24, 2.45) is 7.05 Å². The van der Waals surface area contributed by atoms with Gasteiger partial charge in [0.1, 0.15) is 5.82 Å². The molecule has 0 atom stereocenters. The molecule has 0 spiro atoms. The Labute approximate surface area is 131 Å². The highest BCUT2D eigenvalue weighted by molar-refractivity contribution is 9.11. The third-order valence-electron chi connectivity index (χ3n) is 2.58. The van der Waals surface area contributed by atoms with Crippen molar-refractivity contribution in [1.82, 2.24) is 9.55 Å². The van der Waals surface area contributed by atoms with Crippen LogP contribution < -0.4 is 5.32 Å². The summed E-state index contributed by atoms with van der Waals surface area (Å²) in [5.74, 6) is 1.08. The molecular weight excluding hydrogens is 426 g/mol. The van der Waals surface area contributed by atoms with Crippen LogP contribution in [-0.4, -0.2) is 16.1 Å². The first-order valence-corrected chi connectivity index (χ1v) is 7.80. The van der Waals surface area contributed by atoms with Crippen molar-refractivity contribution >= 4 is 53.5 Å². The average Bonchev–Trinajstić information content (AvgIpc) is 2.68. The number of aromatic nitrogens is 2. The van der Waals surface area contributed by atoms with Crippen LogP contribution in [0, 0.1) is 0 Å².